The summed E-state index contributed by atoms with van der Waals surface area (Å²) in [5.74, 6) is 3.74. The minimum atomic E-state index is -0.0469. The summed E-state index contributed by atoms with van der Waals surface area (Å²) in [5, 5.41) is 19.9. The van der Waals surface area contributed by atoms with Gasteiger partial charge in [-0.05, 0) is 85.0 Å². The fourth-order valence-corrected chi connectivity index (χ4v) is 5.62. The lowest BCUT2D eigenvalue weighted by Gasteiger charge is -2.47. The number of phenols is 1. The number of fused-ring (bicyclic) bond motifs is 5. The second-order valence-corrected chi connectivity index (χ2v) is 7.30. The van der Waals surface area contributed by atoms with Gasteiger partial charge in [-0.15, -0.1) is 0 Å². The van der Waals surface area contributed by atoms with Gasteiger partial charge in [0.2, 0.25) is 0 Å². The summed E-state index contributed by atoms with van der Waals surface area (Å²) in [5.41, 5.74) is 2.83. The molecule has 0 spiro atoms. The normalized spacial score (nSPS) is 42.7. The number of aliphatic hydroxyl groups is 1. The molecule has 0 heterocycles. The third-order valence-corrected chi connectivity index (χ3v) is 6.33. The van der Waals surface area contributed by atoms with E-state index in [-0.39, 0.29) is 6.10 Å². The predicted molar refractivity (Wildman–Crippen MR) is 78.7 cm³/mol. The summed E-state index contributed by atoms with van der Waals surface area (Å²) >= 11 is 0. The molecule has 20 heavy (non-hydrogen) atoms. The van der Waals surface area contributed by atoms with E-state index in [1.54, 1.807) is 0 Å². The highest BCUT2D eigenvalue weighted by Gasteiger charge is 2.49. The van der Waals surface area contributed by atoms with Gasteiger partial charge in [-0.25, -0.2) is 0 Å². The van der Waals surface area contributed by atoms with Crippen LogP contribution in [0, 0.1) is 23.7 Å². The average molecular weight is 272 g/mol. The first-order valence-electron chi connectivity index (χ1n) is 8.15. The van der Waals surface area contributed by atoms with Crippen LogP contribution in [0.5, 0.6) is 5.75 Å². The Morgan fingerprint density at radius 3 is 2.70 bits per heavy atom. The SMILES string of the molecule is C[C@@H]1Cc2cc(O)ccc2[C@H]2CC[C@H]3[C@@H](CC[C@@H]3O)[C@H]12. The summed E-state index contributed by atoms with van der Waals surface area (Å²) in [7, 11) is 0. The van der Waals surface area contributed by atoms with Crippen LogP contribution in [0.1, 0.15) is 49.7 Å². The number of rotatable bonds is 0. The largest absolute Gasteiger partial charge is 0.508 e. The Bertz CT molecular complexity index is 524. The zero-order valence-corrected chi connectivity index (χ0v) is 12.1. The van der Waals surface area contributed by atoms with Crippen LogP contribution in [0.3, 0.4) is 0 Å². The maximum Gasteiger partial charge on any atom is 0.115 e. The fourth-order valence-electron chi connectivity index (χ4n) is 5.62. The van der Waals surface area contributed by atoms with E-state index in [9.17, 15) is 10.2 Å². The van der Waals surface area contributed by atoms with Gasteiger partial charge in [0.1, 0.15) is 5.75 Å². The molecular formula is C18H24O2. The molecule has 6 atom stereocenters. The molecule has 0 unspecified atom stereocenters. The average Bonchev–Trinajstić information content (AvgIpc) is 2.80. The molecule has 2 N–H and O–H groups in total. The van der Waals surface area contributed by atoms with Gasteiger partial charge in [-0.2, -0.15) is 0 Å². The number of benzene rings is 1. The Morgan fingerprint density at radius 2 is 1.85 bits per heavy atom. The van der Waals surface area contributed by atoms with Crippen molar-refractivity contribution in [2.24, 2.45) is 23.7 Å². The topological polar surface area (TPSA) is 40.5 Å². The zero-order valence-electron chi connectivity index (χ0n) is 12.1. The molecular weight excluding hydrogens is 248 g/mol. The number of hydrogen-bond acceptors (Lipinski definition) is 2. The predicted octanol–water partition coefficient (Wildman–Crippen LogP) is 3.47. The van der Waals surface area contributed by atoms with Gasteiger partial charge in [0.25, 0.3) is 0 Å². The molecule has 0 aliphatic heterocycles. The molecule has 2 fully saturated rings. The van der Waals surface area contributed by atoms with Crippen molar-refractivity contribution in [3.63, 3.8) is 0 Å². The van der Waals surface area contributed by atoms with Gasteiger partial charge in [0.15, 0.2) is 0 Å². The van der Waals surface area contributed by atoms with E-state index in [1.165, 1.54) is 30.4 Å². The number of aliphatic hydroxyl groups excluding tert-OH is 1. The summed E-state index contributed by atoms with van der Waals surface area (Å²) in [6.07, 6.45) is 5.66. The van der Waals surface area contributed by atoms with Crippen molar-refractivity contribution in [3.05, 3.63) is 29.3 Å². The minimum Gasteiger partial charge on any atom is -0.508 e. The van der Waals surface area contributed by atoms with Crippen LogP contribution in [-0.4, -0.2) is 16.3 Å². The molecule has 1 aromatic rings. The minimum absolute atomic E-state index is 0.0469. The maximum atomic E-state index is 10.2. The van der Waals surface area contributed by atoms with Crippen LogP contribution in [0.2, 0.25) is 0 Å². The van der Waals surface area contributed by atoms with E-state index >= 15 is 0 Å². The number of aromatic hydroxyl groups is 1. The van der Waals surface area contributed by atoms with E-state index in [4.69, 9.17) is 0 Å². The standard InChI is InChI=1S/C18H24O2/c1-10-8-11-9-12(19)2-3-13(11)15-5-4-14-16(18(10)15)6-7-17(14)20/h2-3,9-10,14-20H,4-8H2,1H3/t10-,14+,15-,16-,17+,18-/m1/s1. The fraction of sp³-hybridized carbons (Fsp3) is 0.667. The Labute approximate surface area is 120 Å². The third kappa shape index (κ3) is 1.74. The zero-order chi connectivity index (χ0) is 13.9. The Hall–Kier alpha value is -1.02. The molecule has 0 bridgehead atoms. The highest BCUT2D eigenvalue weighted by Crippen LogP contribution is 2.56. The second-order valence-electron chi connectivity index (χ2n) is 7.30. The quantitative estimate of drug-likeness (QED) is 0.759. The lowest BCUT2D eigenvalue weighted by Crippen LogP contribution is -2.40. The lowest BCUT2D eigenvalue weighted by molar-refractivity contribution is 0.0380. The number of phenolic OH excluding ortho intramolecular Hbond substituents is 1. The molecule has 2 saturated carbocycles. The second kappa shape index (κ2) is 4.49. The van der Waals surface area contributed by atoms with Crippen LogP contribution in [0.25, 0.3) is 0 Å². The van der Waals surface area contributed by atoms with E-state index in [0.29, 0.717) is 23.5 Å². The smallest absolute Gasteiger partial charge is 0.115 e. The van der Waals surface area contributed by atoms with Crippen molar-refractivity contribution < 1.29 is 10.2 Å². The van der Waals surface area contributed by atoms with Gasteiger partial charge < -0.3 is 10.2 Å². The lowest BCUT2D eigenvalue weighted by atomic mass is 9.57. The highest BCUT2D eigenvalue weighted by molar-refractivity contribution is 5.40. The van der Waals surface area contributed by atoms with E-state index in [0.717, 1.165) is 24.7 Å². The third-order valence-electron chi connectivity index (χ3n) is 6.33. The molecule has 3 aliphatic rings. The molecule has 0 radical (unpaired) electrons. The van der Waals surface area contributed by atoms with Crippen molar-refractivity contribution in [3.8, 4) is 5.75 Å². The van der Waals surface area contributed by atoms with Gasteiger partial charge in [-0.1, -0.05) is 13.0 Å². The molecule has 1 aromatic carbocycles. The van der Waals surface area contributed by atoms with Gasteiger partial charge in [0.05, 0.1) is 6.10 Å². The first-order valence-corrected chi connectivity index (χ1v) is 8.15. The van der Waals surface area contributed by atoms with Crippen LogP contribution < -0.4 is 0 Å². The Kier molecular flexibility index (Phi) is 2.85. The van der Waals surface area contributed by atoms with Gasteiger partial charge in [0, 0.05) is 0 Å². The van der Waals surface area contributed by atoms with Crippen molar-refractivity contribution in [1.29, 1.82) is 0 Å². The number of hydrogen-bond donors (Lipinski definition) is 2. The molecule has 4 rings (SSSR count). The Balaban J connectivity index is 1.73. The molecule has 108 valence electrons. The maximum absolute atomic E-state index is 10.2. The summed E-state index contributed by atoms with van der Waals surface area (Å²) in [6, 6.07) is 5.97. The monoisotopic (exact) mass is 272 g/mol. The van der Waals surface area contributed by atoms with E-state index < -0.39 is 0 Å². The first-order chi connectivity index (χ1) is 9.65. The van der Waals surface area contributed by atoms with Gasteiger partial charge >= 0.3 is 0 Å². The van der Waals surface area contributed by atoms with E-state index in [1.807, 2.05) is 12.1 Å². The molecule has 2 heteroatoms. The summed E-state index contributed by atoms with van der Waals surface area (Å²) < 4.78 is 0. The first kappa shape index (κ1) is 12.7. The summed E-state index contributed by atoms with van der Waals surface area (Å²) in [4.78, 5) is 0. The highest BCUT2D eigenvalue weighted by atomic mass is 16.3. The van der Waals surface area contributed by atoms with Crippen LogP contribution >= 0.6 is 0 Å². The van der Waals surface area contributed by atoms with Crippen molar-refractivity contribution >= 4 is 0 Å². The van der Waals surface area contributed by atoms with Crippen LogP contribution in [-0.2, 0) is 6.42 Å². The molecule has 0 aromatic heterocycles. The summed E-state index contributed by atoms with van der Waals surface area (Å²) in [6.45, 7) is 2.37. The van der Waals surface area contributed by atoms with Gasteiger partial charge in [-0.3, -0.25) is 0 Å². The van der Waals surface area contributed by atoms with E-state index in [2.05, 4.69) is 13.0 Å². The van der Waals surface area contributed by atoms with Crippen molar-refractivity contribution in [2.45, 2.75) is 51.0 Å². The van der Waals surface area contributed by atoms with Crippen molar-refractivity contribution in [2.75, 3.05) is 0 Å². The Morgan fingerprint density at radius 1 is 1.05 bits per heavy atom. The molecule has 2 nitrogen and oxygen atoms in total. The molecule has 0 amide bonds. The molecule has 0 saturated heterocycles. The van der Waals surface area contributed by atoms with Crippen LogP contribution in [0.15, 0.2) is 18.2 Å². The molecule has 3 aliphatic carbocycles. The van der Waals surface area contributed by atoms with Crippen molar-refractivity contribution in [1.82, 2.24) is 0 Å². The van der Waals surface area contributed by atoms with Crippen LogP contribution in [0.4, 0.5) is 0 Å².